The highest BCUT2D eigenvalue weighted by Gasteiger charge is 2.16. The van der Waals surface area contributed by atoms with E-state index in [0.717, 1.165) is 0 Å². The van der Waals surface area contributed by atoms with Crippen LogP contribution >= 0.6 is 12.4 Å². The molecule has 106 valence electrons. The summed E-state index contributed by atoms with van der Waals surface area (Å²) < 4.78 is 0. The van der Waals surface area contributed by atoms with E-state index in [4.69, 9.17) is 5.73 Å². The number of amides is 2. The monoisotopic (exact) mass is 285 g/mol. The summed E-state index contributed by atoms with van der Waals surface area (Å²) in [7, 11) is 3.33. The van der Waals surface area contributed by atoms with E-state index in [1.54, 1.807) is 38.4 Å². The number of hydrogen-bond acceptors (Lipinski definition) is 3. The Morgan fingerprint density at radius 1 is 1.32 bits per heavy atom. The second-order valence-electron chi connectivity index (χ2n) is 4.25. The Hall–Kier alpha value is -1.59. The first-order valence-electron chi connectivity index (χ1n) is 5.84. The topological polar surface area (TPSA) is 75.4 Å². The van der Waals surface area contributed by atoms with Crippen molar-refractivity contribution in [3.05, 3.63) is 29.8 Å². The number of para-hydroxylation sites is 1. The highest BCUT2D eigenvalue weighted by atomic mass is 35.5. The number of hydrogen-bond donors (Lipinski definition) is 2. The first-order chi connectivity index (χ1) is 8.47. The minimum absolute atomic E-state index is 0. The third-order valence-electron chi connectivity index (χ3n) is 2.60. The van der Waals surface area contributed by atoms with Crippen molar-refractivity contribution in [2.75, 3.05) is 19.4 Å². The molecular weight excluding hydrogens is 266 g/mol. The largest absolute Gasteiger partial charge is 0.345 e. The zero-order valence-electron chi connectivity index (χ0n) is 11.3. The van der Waals surface area contributed by atoms with Gasteiger partial charge in [-0.05, 0) is 18.6 Å². The van der Waals surface area contributed by atoms with Crippen molar-refractivity contribution in [1.82, 2.24) is 4.90 Å². The van der Waals surface area contributed by atoms with Crippen LogP contribution in [-0.4, -0.2) is 36.9 Å². The van der Waals surface area contributed by atoms with Crippen LogP contribution in [0.5, 0.6) is 0 Å². The van der Waals surface area contributed by atoms with Crippen LogP contribution in [0, 0.1) is 0 Å². The summed E-state index contributed by atoms with van der Waals surface area (Å²) in [4.78, 5) is 25.1. The van der Waals surface area contributed by atoms with Crippen molar-refractivity contribution in [3.63, 3.8) is 0 Å². The second-order valence-corrected chi connectivity index (χ2v) is 4.25. The Morgan fingerprint density at radius 3 is 2.42 bits per heavy atom. The Morgan fingerprint density at radius 2 is 1.89 bits per heavy atom. The second kappa shape index (κ2) is 7.76. The van der Waals surface area contributed by atoms with Crippen molar-refractivity contribution in [2.24, 2.45) is 5.73 Å². The van der Waals surface area contributed by atoms with E-state index in [-0.39, 0.29) is 24.2 Å². The van der Waals surface area contributed by atoms with Gasteiger partial charge in [0.1, 0.15) is 0 Å². The zero-order chi connectivity index (χ0) is 13.7. The fraction of sp³-hybridized carbons (Fsp3) is 0.385. The van der Waals surface area contributed by atoms with E-state index < -0.39 is 6.04 Å². The van der Waals surface area contributed by atoms with Gasteiger partial charge in [-0.2, -0.15) is 0 Å². The molecule has 1 aromatic carbocycles. The van der Waals surface area contributed by atoms with Crippen molar-refractivity contribution in [3.8, 4) is 0 Å². The average molecular weight is 286 g/mol. The van der Waals surface area contributed by atoms with Gasteiger partial charge >= 0.3 is 0 Å². The van der Waals surface area contributed by atoms with Gasteiger partial charge in [0.05, 0.1) is 17.3 Å². The fourth-order valence-electron chi connectivity index (χ4n) is 1.43. The van der Waals surface area contributed by atoms with Crippen molar-refractivity contribution in [2.45, 2.75) is 19.4 Å². The molecule has 0 aliphatic heterocycles. The molecule has 2 amide bonds. The Kier molecular flexibility index (Phi) is 7.11. The molecule has 0 spiro atoms. The number of rotatable bonds is 4. The van der Waals surface area contributed by atoms with Gasteiger partial charge in [-0.1, -0.05) is 19.1 Å². The number of nitrogens with two attached hydrogens (primary N) is 1. The van der Waals surface area contributed by atoms with Gasteiger partial charge in [0.15, 0.2) is 0 Å². The number of carbonyl (C=O) groups excluding carboxylic acids is 2. The number of nitrogens with zero attached hydrogens (tertiary/aromatic N) is 1. The van der Waals surface area contributed by atoms with Gasteiger partial charge < -0.3 is 16.0 Å². The molecule has 0 aliphatic carbocycles. The smallest absolute Gasteiger partial charge is 0.255 e. The summed E-state index contributed by atoms with van der Waals surface area (Å²) in [6, 6.07) is 6.32. The van der Waals surface area contributed by atoms with Gasteiger partial charge in [-0.3, -0.25) is 9.59 Å². The first kappa shape index (κ1) is 17.4. The molecule has 1 aromatic rings. The molecular formula is C13H20ClN3O2. The van der Waals surface area contributed by atoms with Crippen LogP contribution in [0.15, 0.2) is 24.3 Å². The van der Waals surface area contributed by atoms with Crippen molar-refractivity contribution < 1.29 is 9.59 Å². The number of halogens is 1. The predicted octanol–water partition coefficient (Wildman–Crippen LogP) is 1.49. The number of anilines is 1. The summed E-state index contributed by atoms with van der Waals surface area (Å²) in [6.45, 7) is 1.83. The Balaban J connectivity index is 0.00000324. The normalized spacial score (nSPS) is 11.2. The Bertz CT molecular complexity index is 449. The van der Waals surface area contributed by atoms with Crippen LogP contribution in [0.4, 0.5) is 5.69 Å². The minimum atomic E-state index is -0.562. The fourth-order valence-corrected chi connectivity index (χ4v) is 1.43. The van der Waals surface area contributed by atoms with Crippen molar-refractivity contribution >= 4 is 29.9 Å². The van der Waals surface area contributed by atoms with E-state index >= 15 is 0 Å². The number of nitrogens with one attached hydrogen (secondary N) is 1. The van der Waals surface area contributed by atoms with Gasteiger partial charge in [0.2, 0.25) is 5.91 Å². The molecule has 6 heteroatoms. The highest BCUT2D eigenvalue weighted by Crippen LogP contribution is 2.16. The lowest BCUT2D eigenvalue weighted by molar-refractivity contribution is -0.117. The number of carbonyl (C=O) groups is 2. The zero-order valence-corrected chi connectivity index (χ0v) is 12.2. The van der Waals surface area contributed by atoms with Gasteiger partial charge in [0, 0.05) is 14.1 Å². The van der Waals surface area contributed by atoms with Crippen LogP contribution in [0.2, 0.25) is 0 Å². The molecule has 5 nitrogen and oxygen atoms in total. The van der Waals surface area contributed by atoms with E-state index in [1.807, 2.05) is 6.92 Å². The lowest BCUT2D eigenvalue weighted by Crippen LogP contribution is -2.35. The molecule has 1 atom stereocenters. The minimum Gasteiger partial charge on any atom is -0.345 e. The van der Waals surface area contributed by atoms with Crippen LogP contribution in [0.25, 0.3) is 0 Å². The van der Waals surface area contributed by atoms with E-state index in [1.165, 1.54) is 4.90 Å². The van der Waals surface area contributed by atoms with E-state index in [0.29, 0.717) is 17.7 Å². The lowest BCUT2D eigenvalue weighted by atomic mass is 10.1. The maximum atomic E-state index is 11.9. The van der Waals surface area contributed by atoms with Gasteiger partial charge in [-0.25, -0.2) is 0 Å². The molecule has 0 saturated heterocycles. The van der Waals surface area contributed by atoms with Gasteiger partial charge in [0.25, 0.3) is 5.91 Å². The molecule has 0 heterocycles. The first-order valence-corrected chi connectivity index (χ1v) is 5.84. The SMILES string of the molecule is CC[C@H](N)C(=O)Nc1ccccc1C(=O)N(C)C.Cl. The molecule has 0 radical (unpaired) electrons. The lowest BCUT2D eigenvalue weighted by Gasteiger charge is -2.16. The molecule has 0 aliphatic rings. The standard InChI is InChI=1S/C13H19N3O2.ClH/c1-4-10(14)12(17)15-11-8-6-5-7-9(11)13(18)16(2)3;/h5-8,10H,4,14H2,1-3H3,(H,15,17);1H/t10-;/m0./s1. The molecule has 19 heavy (non-hydrogen) atoms. The van der Waals surface area contributed by atoms with E-state index in [9.17, 15) is 9.59 Å². The van der Waals surface area contributed by atoms with Crippen LogP contribution < -0.4 is 11.1 Å². The third-order valence-corrected chi connectivity index (χ3v) is 2.60. The summed E-state index contributed by atoms with van der Waals surface area (Å²) >= 11 is 0. The third kappa shape index (κ3) is 4.54. The van der Waals surface area contributed by atoms with Crippen LogP contribution in [0.3, 0.4) is 0 Å². The van der Waals surface area contributed by atoms with Crippen LogP contribution in [-0.2, 0) is 4.79 Å². The summed E-state index contributed by atoms with van der Waals surface area (Å²) in [5.41, 5.74) is 6.59. The molecule has 1 rings (SSSR count). The number of benzene rings is 1. The summed E-state index contributed by atoms with van der Waals surface area (Å²) in [5.74, 6) is -0.438. The maximum Gasteiger partial charge on any atom is 0.255 e. The molecule has 0 unspecified atom stereocenters. The Labute approximate surface area is 119 Å². The summed E-state index contributed by atoms with van der Waals surface area (Å²) in [6.07, 6.45) is 0.551. The maximum absolute atomic E-state index is 11.9. The molecule has 0 saturated carbocycles. The van der Waals surface area contributed by atoms with Gasteiger partial charge in [-0.15, -0.1) is 12.4 Å². The molecule has 0 bridgehead atoms. The summed E-state index contributed by atoms with van der Waals surface area (Å²) in [5, 5.41) is 2.69. The van der Waals surface area contributed by atoms with E-state index in [2.05, 4.69) is 5.32 Å². The average Bonchev–Trinajstić information content (AvgIpc) is 2.37. The molecule has 3 N–H and O–H groups in total. The predicted molar refractivity (Wildman–Crippen MR) is 78.6 cm³/mol. The molecule has 0 aromatic heterocycles. The quantitative estimate of drug-likeness (QED) is 0.880. The van der Waals surface area contributed by atoms with Crippen LogP contribution in [0.1, 0.15) is 23.7 Å². The molecule has 0 fully saturated rings. The van der Waals surface area contributed by atoms with Crippen molar-refractivity contribution in [1.29, 1.82) is 0 Å². The highest BCUT2D eigenvalue weighted by molar-refractivity contribution is 6.04.